The minimum Gasteiger partial charge on any atom is -0.484 e. The maximum atomic E-state index is 12.2. The highest BCUT2D eigenvalue weighted by atomic mass is 79.9. The van der Waals surface area contributed by atoms with Crippen molar-refractivity contribution in [2.75, 3.05) is 19.8 Å². The number of carbonyl (C=O) groups is 1. The number of ether oxygens (including phenoxy) is 1. The molecule has 0 aliphatic heterocycles. The van der Waals surface area contributed by atoms with Crippen LogP contribution in [0.15, 0.2) is 28.7 Å². The normalized spacial score (nSPS) is 10.7. The van der Waals surface area contributed by atoms with Crippen LogP contribution in [-0.2, 0) is 4.79 Å². The number of hydrogen-bond donors (Lipinski definition) is 1. The molecule has 0 atom stereocenters. The Hall–Kier alpha value is -1.07. The van der Waals surface area contributed by atoms with Gasteiger partial charge in [0.15, 0.2) is 6.61 Å². The molecule has 0 spiro atoms. The van der Waals surface area contributed by atoms with Crippen molar-refractivity contribution in [2.45, 2.75) is 32.7 Å². The van der Waals surface area contributed by atoms with Crippen molar-refractivity contribution in [1.29, 1.82) is 0 Å². The van der Waals surface area contributed by atoms with Gasteiger partial charge in [-0.2, -0.15) is 0 Å². The zero-order chi connectivity index (χ0) is 15.0. The lowest BCUT2D eigenvalue weighted by molar-refractivity contribution is -0.136. The van der Waals surface area contributed by atoms with Gasteiger partial charge in [0, 0.05) is 17.1 Å². The Morgan fingerprint density at radius 3 is 2.40 bits per heavy atom. The number of hydrogen-bond acceptors (Lipinski definition) is 3. The maximum Gasteiger partial charge on any atom is 0.260 e. The third-order valence-corrected chi connectivity index (χ3v) is 3.75. The first-order valence-corrected chi connectivity index (χ1v) is 7.70. The highest BCUT2D eigenvalue weighted by Gasteiger charge is 2.20. The first kappa shape index (κ1) is 17.0. The molecule has 1 rings (SSSR count). The molecule has 0 aliphatic carbocycles. The zero-order valence-electron chi connectivity index (χ0n) is 12.0. The molecule has 1 aromatic rings. The van der Waals surface area contributed by atoms with Gasteiger partial charge in [0.25, 0.3) is 5.91 Å². The fraction of sp³-hybridized carbons (Fsp3) is 0.533. The van der Waals surface area contributed by atoms with Crippen LogP contribution in [0, 0.1) is 0 Å². The predicted molar refractivity (Wildman–Crippen MR) is 82.8 cm³/mol. The van der Waals surface area contributed by atoms with Crippen LogP contribution in [0.2, 0.25) is 0 Å². The van der Waals surface area contributed by atoms with Gasteiger partial charge in [-0.1, -0.05) is 29.8 Å². The Bertz CT molecular complexity index is 404. The summed E-state index contributed by atoms with van der Waals surface area (Å²) in [5, 5.41) is 9.10. The van der Waals surface area contributed by atoms with E-state index in [1.54, 1.807) is 4.90 Å². The molecule has 0 radical (unpaired) electrons. The molecule has 1 amide bonds. The minimum absolute atomic E-state index is 0.00185. The molecule has 0 saturated carbocycles. The summed E-state index contributed by atoms with van der Waals surface area (Å²) in [6, 6.07) is 7.51. The molecule has 4 nitrogen and oxygen atoms in total. The van der Waals surface area contributed by atoms with Gasteiger partial charge in [0.1, 0.15) is 5.75 Å². The van der Waals surface area contributed by atoms with E-state index in [-0.39, 0.29) is 25.2 Å². The second kappa shape index (κ2) is 8.97. The van der Waals surface area contributed by atoms with Gasteiger partial charge in [0.05, 0.1) is 6.61 Å². The van der Waals surface area contributed by atoms with E-state index in [1.807, 2.05) is 38.1 Å². The fourth-order valence-corrected chi connectivity index (χ4v) is 2.37. The first-order valence-electron chi connectivity index (χ1n) is 6.91. The highest BCUT2D eigenvalue weighted by molar-refractivity contribution is 9.10. The molecule has 5 heteroatoms. The summed E-state index contributed by atoms with van der Waals surface area (Å²) in [6.07, 6.45) is 1.75. The summed E-state index contributed by atoms with van der Waals surface area (Å²) >= 11 is 3.35. The Balaban J connectivity index is 2.59. The average molecular weight is 344 g/mol. The molecule has 0 unspecified atom stereocenters. The molecular formula is C15H22BrNO3. The summed E-state index contributed by atoms with van der Waals surface area (Å²) in [4.78, 5) is 13.9. The Morgan fingerprint density at radius 1 is 1.30 bits per heavy atom. The Labute approximate surface area is 128 Å². The van der Waals surface area contributed by atoms with Crippen LogP contribution in [0.3, 0.4) is 0 Å². The lowest BCUT2D eigenvalue weighted by atomic mass is 10.1. The topological polar surface area (TPSA) is 49.8 Å². The third-order valence-electron chi connectivity index (χ3n) is 3.22. The monoisotopic (exact) mass is 343 g/mol. The molecule has 0 bridgehead atoms. The maximum absolute atomic E-state index is 12.2. The van der Waals surface area contributed by atoms with Gasteiger partial charge in [-0.3, -0.25) is 4.79 Å². The number of aliphatic hydroxyl groups is 1. The first-order chi connectivity index (χ1) is 9.62. The van der Waals surface area contributed by atoms with Crippen LogP contribution in [0.25, 0.3) is 0 Å². The van der Waals surface area contributed by atoms with Crippen LogP contribution in [0.5, 0.6) is 5.75 Å². The molecule has 1 aromatic carbocycles. The van der Waals surface area contributed by atoms with Crippen molar-refractivity contribution in [3.8, 4) is 5.75 Å². The molecule has 0 heterocycles. The van der Waals surface area contributed by atoms with Crippen molar-refractivity contribution < 1.29 is 14.6 Å². The molecule has 20 heavy (non-hydrogen) atoms. The highest BCUT2D eigenvalue weighted by Crippen LogP contribution is 2.16. The zero-order valence-corrected chi connectivity index (χ0v) is 13.6. The van der Waals surface area contributed by atoms with Gasteiger partial charge in [0.2, 0.25) is 0 Å². The molecular weight excluding hydrogens is 322 g/mol. The van der Waals surface area contributed by atoms with E-state index in [1.165, 1.54) is 0 Å². The molecule has 112 valence electrons. The molecule has 0 aromatic heterocycles. The van der Waals surface area contributed by atoms with Crippen LogP contribution in [-0.4, -0.2) is 41.7 Å². The summed E-state index contributed by atoms with van der Waals surface area (Å²) < 4.78 is 6.46. The van der Waals surface area contributed by atoms with Gasteiger partial charge in [-0.05, 0) is 37.1 Å². The quantitative estimate of drug-likeness (QED) is 0.789. The van der Waals surface area contributed by atoms with Gasteiger partial charge in [-0.25, -0.2) is 0 Å². The van der Waals surface area contributed by atoms with Gasteiger partial charge < -0.3 is 14.7 Å². The number of benzene rings is 1. The predicted octanol–water partition coefficient (Wildman–Crippen LogP) is 2.84. The number of amides is 1. The van der Waals surface area contributed by atoms with E-state index in [9.17, 15) is 4.79 Å². The fourth-order valence-electron chi connectivity index (χ4n) is 2.11. The van der Waals surface area contributed by atoms with Crippen molar-refractivity contribution in [1.82, 2.24) is 4.90 Å². The van der Waals surface area contributed by atoms with Gasteiger partial charge in [-0.15, -0.1) is 0 Å². The van der Waals surface area contributed by atoms with E-state index >= 15 is 0 Å². The molecule has 0 aliphatic rings. The summed E-state index contributed by atoms with van der Waals surface area (Å²) in [7, 11) is 0. The number of nitrogens with zero attached hydrogens (tertiary/aromatic N) is 1. The standard InChI is InChI=1S/C15H22BrNO3/c1-3-13(4-2)17(9-10-18)15(19)11-20-14-7-5-12(16)6-8-14/h5-8,13,18H,3-4,9-11H2,1-2H3. The number of halogens is 1. The molecule has 1 N–H and O–H groups in total. The second-order valence-electron chi connectivity index (χ2n) is 4.52. The van der Waals surface area contributed by atoms with E-state index < -0.39 is 0 Å². The number of carbonyl (C=O) groups excluding carboxylic acids is 1. The summed E-state index contributed by atoms with van der Waals surface area (Å²) in [6.45, 7) is 4.41. The van der Waals surface area contributed by atoms with Crippen molar-refractivity contribution >= 4 is 21.8 Å². The van der Waals surface area contributed by atoms with Crippen LogP contribution in [0.1, 0.15) is 26.7 Å². The number of aliphatic hydroxyl groups excluding tert-OH is 1. The van der Waals surface area contributed by atoms with Crippen LogP contribution < -0.4 is 4.74 Å². The largest absolute Gasteiger partial charge is 0.484 e. The van der Waals surface area contributed by atoms with Crippen molar-refractivity contribution in [3.05, 3.63) is 28.7 Å². The van der Waals surface area contributed by atoms with E-state index in [0.29, 0.717) is 12.3 Å². The summed E-state index contributed by atoms with van der Waals surface area (Å²) in [5.41, 5.74) is 0. The van der Waals surface area contributed by atoms with Crippen LogP contribution in [0.4, 0.5) is 0 Å². The number of rotatable bonds is 8. The Morgan fingerprint density at radius 2 is 1.90 bits per heavy atom. The lowest BCUT2D eigenvalue weighted by Gasteiger charge is -2.29. The Kier molecular flexibility index (Phi) is 7.62. The van der Waals surface area contributed by atoms with Crippen LogP contribution >= 0.6 is 15.9 Å². The third kappa shape index (κ3) is 5.13. The average Bonchev–Trinajstić information content (AvgIpc) is 2.46. The smallest absolute Gasteiger partial charge is 0.260 e. The van der Waals surface area contributed by atoms with Gasteiger partial charge >= 0.3 is 0 Å². The van der Waals surface area contributed by atoms with E-state index in [4.69, 9.17) is 9.84 Å². The minimum atomic E-state index is -0.0873. The van der Waals surface area contributed by atoms with E-state index in [2.05, 4.69) is 15.9 Å². The van der Waals surface area contributed by atoms with Crippen molar-refractivity contribution in [3.63, 3.8) is 0 Å². The van der Waals surface area contributed by atoms with Crippen molar-refractivity contribution in [2.24, 2.45) is 0 Å². The molecule has 0 fully saturated rings. The lowest BCUT2D eigenvalue weighted by Crippen LogP contribution is -2.43. The second-order valence-corrected chi connectivity index (χ2v) is 5.44. The SMILES string of the molecule is CCC(CC)N(CCO)C(=O)COc1ccc(Br)cc1. The van der Waals surface area contributed by atoms with E-state index in [0.717, 1.165) is 17.3 Å². The molecule has 0 saturated heterocycles. The summed E-state index contributed by atoms with van der Waals surface area (Å²) in [5.74, 6) is 0.575.